The molecule has 0 radical (unpaired) electrons. The Bertz CT molecular complexity index is 458. The average molecular weight is 350 g/mol. The van der Waals surface area contributed by atoms with Crippen molar-refractivity contribution in [2.24, 2.45) is 5.92 Å². The number of rotatable bonds is 3. The molecule has 0 saturated heterocycles. The third-order valence-electron chi connectivity index (χ3n) is 2.39. The number of halogens is 5. The van der Waals surface area contributed by atoms with Gasteiger partial charge in [-0.1, -0.05) is 71.9 Å². The van der Waals surface area contributed by atoms with Gasteiger partial charge in [-0.25, -0.2) is 0 Å². The molecular formula is C11H9Cl5O2. The molecule has 1 unspecified atom stereocenters. The predicted octanol–water partition coefficient (Wildman–Crippen LogP) is 5.91. The Morgan fingerprint density at radius 1 is 1.00 bits per heavy atom. The Kier molecular flexibility index (Phi) is 5.88. The van der Waals surface area contributed by atoms with Gasteiger partial charge in [0.2, 0.25) is 0 Å². The van der Waals surface area contributed by atoms with Gasteiger partial charge in [-0.15, -0.1) is 0 Å². The molecule has 2 nitrogen and oxygen atoms in total. The topological polar surface area (TPSA) is 26.3 Å². The van der Waals surface area contributed by atoms with Crippen LogP contribution in [-0.2, 0) is 4.79 Å². The fraction of sp³-hybridized carbons (Fsp3) is 0.364. The molecule has 0 N–H and O–H groups in total. The Hall–Kier alpha value is 0.140. The standard InChI is InChI=1S/C11H9Cl5O2/c1-3-4(2)11(17)18-10-8(15)6(13)5(12)7(14)9(10)16/h4H,3H2,1-2H3. The zero-order valence-corrected chi connectivity index (χ0v) is 13.3. The number of carbonyl (C=O) groups excluding carboxylic acids is 1. The zero-order valence-electron chi connectivity index (χ0n) is 9.49. The molecule has 0 aliphatic heterocycles. The average Bonchev–Trinajstić information content (AvgIpc) is 2.37. The molecule has 18 heavy (non-hydrogen) atoms. The molecule has 1 atom stereocenters. The van der Waals surface area contributed by atoms with Crippen molar-refractivity contribution in [2.75, 3.05) is 0 Å². The van der Waals surface area contributed by atoms with E-state index in [-0.39, 0.29) is 36.8 Å². The number of hydrogen-bond donors (Lipinski definition) is 0. The summed E-state index contributed by atoms with van der Waals surface area (Å²) in [6.07, 6.45) is 0.628. The van der Waals surface area contributed by atoms with E-state index in [0.29, 0.717) is 6.42 Å². The smallest absolute Gasteiger partial charge is 0.314 e. The highest BCUT2D eigenvalue weighted by molar-refractivity contribution is 6.55. The van der Waals surface area contributed by atoms with E-state index < -0.39 is 5.97 Å². The van der Waals surface area contributed by atoms with E-state index in [2.05, 4.69) is 0 Å². The lowest BCUT2D eigenvalue weighted by Gasteiger charge is -2.14. The molecule has 1 aromatic carbocycles. The van der Waals surface area contributed by atoms with Gasteiger partial charge in [-0.2, -0.15) is 0 Å². The van der Waals surface area contributed by atoms with Crippen LogP contribution >= 0.6 is 58.0 Å². The van der Waals surface area contributed by atoms with Gasteiger partial charge in [0.15, 0.2) is 5.75 Å². The number of benzene rings is 1. The van der Waals surface area contributed by atoms with Crippen molar-refractivity contribution in [1.82, 2.24) is 0 Å². The molecule has 100 valence electrons. The van der Waals surface area contributed by atoms with E-state index in [9.17, 15) is 4.79 Å². The van der Waals surface area contributed by atoms with Crippen LogP contribution in [0.2, 0.25) is 25.1 Å². The summed E-state index contributed by atoms with van der Waals surface area (Å²) in [5, 5.41) is -0.0449. The lowest BCUT2D eigenvalue weighted by atomic mass is 10.1. The summed E-state index contributed by atoms with van der Waals surface area (Å²) >= 11 is 29.4. The van der Waals surface area contributed by atoms with Gasteiger partial charge in [0.05, 0.1) is 21.0 Å². The number of ether oxygens (including phenoxy) is 1. The largest absolute Gasteiger partial charge is 0.423 e. The first kappa shape index (κ1) is 16.2. The van der Waals surface area contributed by atoms with Gasteiger partial charge in [0.1, 0.15) is 10.0 Å². The Morgan fingerprint density at radius 2 is 1.39 bits per heavy atom. The number of carbonyl (C=O) groups is 1. The second-order valence-corrected chi connectivity index (χ2v) is 5.52. The lowest BCUT2D eigenvalue weighted by Crippen LogP contribution is -2.17. The summed E-state index contributed by atoms with van der Waals surface area (Å²) < 4.78 is 5.11. The maximum Gasteiger partial charge on any atom is 0.314 e. The van der Waals surface area contributed by atoms with Crippen LogP contribution in [0.25, 0.3) is 0 Å². The van der Waals surface area contributed by atoms with Gasteiger partial charge in [-0.3, -0.25) is 4.79 Å². The summed E-state index contributed by atoms with van der Waals surface area (Å²) in [6.45, 7) is 3.58. The van der Waals surface area contributed by atoms with Crippen molar-refractivity contribution in [1.29, 1.82) is 0 Å². The van der Waals surface area contributed by atoms with Gasteiger partial charge in [-0.05, 0) is 6.42 Å². The molecule has 0 aliphatic rings. The first-order chi connectivity index (χ1) is 8.31. The highest BCUT2D eigenvalue weighted by atomic mass is 35.5. The molecular weight excluding hydrogens is 341 g/mol. The van der Waals surface area contributed by atoms with Crippen LogP contribution in [-0.4, -0.2) is 5.97 Å². The van der Waals surface area contributed by atoms with Crippen molar-refractivity contribution < 1.29 is 9.53 Å². The Morgan fingerprint density at radius 3 is 1.78 bits per heavy atom. The molecule has 0 amide bonds. The van der Waals surface area contributed by atoms with Crippen LogP contribution in [0, 0.1) is 5.92 Å². The Labute approximate surface area is 130 Å². The number of esters is 1. The molecule has 0 bridgehead atoms. The fourth-order valence-electron chi connectivity index (χ4n) is 1.04. The van der Waals surface area contributed by atoms with Gasteiger partial charge < -0.3 is 4.74 Å². The Balaban J connectivity index is 3.22. The normalized spacial score (nSPS) is 12.4. The van der Waals surface area contributed by atoms with Crippen molar-refractivity contribution in [3.05, 3.63) is 25.1 Å². The molecule has 1 aromatic rings. The highest BCUT2D eigenvalue weighted by Crippen LogP contribution is 2.48. The van der Waals surface area contributed by atoms with Crippen LogP contribution in [0.4, 0.5) is 0 Å². The molecule has 0 heterocycles. The molecule has 0 aliphatic carbocycles. The van der Waals surface area contributed by atoms with Gasteiger partial charge in [0, 0.05) is 0 Å². The molecule has 0 spiro atoms. The first-order valence-electron chi connectivity index (χ1n) is 5.04. The van der Waals surface area contributed by atoms with Crippen LogP contribution < -0.4 is 4.74 Å². The second kappa shape index (κ2) is 6.53. The van der Waals surface area contributed by atoms with E-state index in [1.54, 1.807) is 6.92 Å². The van der Waals surface area contributed by atoms with Crippen molar-refractivity contribution in [2.45, 2.75) is 20.3 Å². The molecule has 1 rings (SSSR count). The van der Waals surface area contributed by atoms with Crippen LogP contribution in [0.1, 0.15) is 20.3 Å². The summed E-state index contributed by atoms with van der Waals surface area (Å²) in [4.78, 5) is 11.7. The minimum Gasteiger partial charge on any atom is -0.423 e. The maximum atomic E-state index is 11.7. The minimum absolute atomic E-state index is 0.000292. The predicted molar refractivity (Wildman–Crippen MR) is 76.6 cm³/mol. The second-order valence-electron chi connectivity index (χ2n) is 3.63. The third kappa shape index (κ3) is 3.17. The summed E-state index contributed by atoms with van der Waals surface area (Å²) in [5.74, 6) is -0.816. The first-order valence-corrected chi connectivity index (χ1v) is 6.93. The van der Waals surface area contributed by atoms with Crippen molar-refractivity contribution in [3.63, 3.8) is 0 Å². The quantitative estimate of drug-likeness (QED) is 0.293. The molecule has 7 heteroatoms. The van der Waals surface area contributed by atoms with Crippen molar-refractivity contribution in [3.8, 4) is 5.75 Å². The minimum atomic E-state index is -0.462. The maximum absolute atomic E-state index is 11.7. The van der Waals surface area contributed by atoms with Crippen LogP contribution in [0.5, 0.6) is 5.75 Å². The van der Waals surface area contributed by atoms with Crippen LogP contribution in [0.15, 0.2) is 0 Å². The third-order valence-corrected chi connectivity index (χ3v) is 4.63. The van der Waals surface area contributed by atoms with E-state index in [1.165, 1.54) is 0 Å². The van der Waals surface area contributed by atoms with Crippen LogP contribution in [0.3, 0.4) is 0 Å². The van der Waals surface area contributed by atoms with E-state index in [0.717, 1.165) is 0 Å². The van der Waals surface area contributed by atoms with E-state index >= 15 is 0 Å². The summed E-state index contributed by atoms with van der Waals surface area (Å²) in [6, 6.07) is 0. The summed E-state index contributed by atoms with van der Waals surface area (Å²) in [7, 11) is 0. The van der Waals surface area contributed by atoms with Gasteiger partial charge >= 0.3 is 5.97 Å². The summed E-state index contributed by atoms with van der Waals surface area (Å²) in [5.41, 5.74) is 0. The van der Waals surface area contributed by atoms with Gasteiger partial charge in [0.25, 0.3) is 0 Å². The molecule has 0 saturated carbocycles. The number of hydrogen-bond acceptors (Lipinski definition) is 2. The van der Waals surface area contributed by atoms with E-state index in [1.807, 2.05) is 6.92 Å². The zero-order chi connectivity index (χ0) is 14.0. The fourth-order valence-corrected chi connectivity index (χ4v) is 2.24. The molecule has 0 fully saturated rings. The highest BCUT2D eigenvalue weighted by Gasteiger charge is 2.24. The SMILES string of the molecule is CCC(C)C(=O)Oc1c(Cl)c(Cl)c(Cl)c(Cl)c1Cl. The molecule has 0 aromatic heterocycles. The lowest BCUT2D eigenvalue weighted by molar-refractivity contribution is -0.138. The monoisotopic (exact) mass is 348 g/mol. The van der Waals surface area contributed by atoms with Crippen molar-refractivity contribution >= 4 is 64.0 Å². The van der Waals surface area contributed by atoms with E-state index in [4.69, 9.17) is 62.7 Å².